The Morgan fingerprint density at radius 1 is 1.48 bits per heavy atom. The van der Waals surface area contributed by atoms with E-state index in [1.165, 1.54) is 24.9 Å². The second-order valence-electron chi connectivity index (χ2n) is 6.93. The molecule has 0 spiro atoms. The Morgan fingerprint density at radius 3 is 3.16 bits per heavy atom. The third kappa shape index (κ3) is 5.09. The van der Waals surface area contributed by atoms with Crippen molar-refractivity contribution in [1.82, 2.24) is 15.1 Å². The van der Waals surface area contributed by atoms with E-state index in [-0.39, 0.29) is 6.10 Å². The van der Waals surface area contributed by atoms with Crippen molar-refractivity contribution < 1.29 is 4.74 Å². The summed E-state index contributed by atoms with van der Waals surface area (Å²) in [4.78, 5) is 9.51. The lowest BCUT2D eigenvalue weighted by Crippen LogP contribution is -2.47. The first kappa shape index (κ1) is 18.5. The molecule has 0 saturated carbocycles. The minimum atomic E-state index is 0.197. The fourth-order valence-corrected chi connectivity index (χ4v) is 3.85. The summed E-state index contributed by atoms with van der Waals surface area (Å²) in [7, 11) is 2.06. The first-order valence-corrected chi connectivity index (χ1v) is 9.63. The molecule has 0 bridgehead atoms. The van der Waals surface area contributed by atoms with Crippen LogP contribution in [0.5, 0.6) is 0 Å². The molecular weight excluding hydrogens is 336 g/mol. The van der Waals surface area contributed by atoms with Crippen LogP contribution >= 0.6 is 11.6 Å². The van der Waals surface area contributed by atoms with E-state index < -0.39 is 0 Å². The van der Waals surface area contributed by atoms with Crippen LogP contribution in [-0.2, 0) is 11.3 Å². The topological polar surface area (TPSA) is 40.1 Å². The minimum absolute atomic E-state index is 0.197. The molecule has 2 saturated heterocycles. The number of ether oxygens (including phenoxy) is 1. The van der Waals surface area contributed by atoms with Crippen molar-refractivity contribution in [3.05, 3.63) is 34.9 Å². The van der Waals surface area contributed by atoms with E-state index in [2.05, 4.69) is 35.2 Å². The van der Waals surface area contributed by atoms with Gasteiger partial charge in [0.15, 0.2) is 5.96 Å². The predicted molar refractivity (Wildman–Crippen MR) is 103 cm³/mol. The number of fused-ring (bicyclic) bond motifs is 1. The van der Waals surface area contributed by atoms with Crippen LogP contribution in [0.25, 0.3) is 0 Å². The summed E-state index contributed by atoms with van der Waals surface area (Å²) in [5.41, 5.74) is 1.18. The van der Waals surface area contributed by atoms with Crippen molar-refractivity contribution in [3.8, 4) is 0 Å². The van der Waals surface area contributed by atoms with Crippen molar-refractivity contribution >= 4 is 17.6 Å². The van der Waals surface area contributed by atoms with Crippen LogP contribution < -0.4 is 5.32 Å². The maximum Gasteiger partial charge on any atom is 0.194 e. The van der Waals surface area contributed by atoms with Gasteiger partial charge in [-0.25, -0.2) is 0 Å². The molecule has 0 aromatic heterocycles. The smallest absolute Gasteiger partial charge is 0.194 e. The van der Waals surface area contributed by atoms with Crippen molar-refractivity contribution in [2.24, 2.45) is 4.99 Å². The number of rotatable bonds is 5. The molecule has 6 heteroatoms. The van der Waals surface area contributed by atoms with Gasteiger partial charge >= 0.3 is 0 Å². The lowest BCUT2D eigenvalue weighted by atomic mass is 10.2. The van der Waals surface area contributed by atoms with Crippen LogP contribution in [0.1, 0.15) is 25.3 Å². The van der Waals surface area contributed by atoms with Gasteiger partial charge in [-0.1, -0.05) is 23.7 Å². The fraction of sp³-hybridized carbons (Fsp3) is 0.632. The van der Waals surface area contributed by atoms with E-state index in [4.69, 9.17) is 21.3 Å². The van der Waals surface area contributed by atoms with E-state index in [1.807, 2.05) is 18.2 Å². The molecule has 1 aromatic carbocycles. The zero-order chi connectivity index (χ0) is 17.6. The van der Waals surface area contributed by atoms with Crippen LogP contribution in [0.2, 0.25) is 5.02 Å². The van der Waals surface area contributed by atoms with E-state index in [1.54, 1.807) is 0 Å². The summed E-state index contributed by atoms with van der Waals surface area (Å²) in [5.74, 6) is 0.912. The summed E-state index contributed by atoms with van der Waals surface area (Å²) < 4.78 is 6.02. The van der Waals surface area contributed by atoms with Gasteiger partial charge in [-0.05, 0) is 44.0 Å². The monoisotopic (exact) mass is 364 g/mol. The Kier molecular flexibility index (Phi) is 6.57. The van der Waals surface area contributed by atoms with Gasteiger partial charge in [0.2, 0.25) is 0 Å². The van der Waals surface area contributed by atoms with Gasteiger partial charge in [-0.3, -0.25) is 9.89 Å². The first-order chi connectivity index (χ1) is 12.2. The second-order valence-corrected chi connectivity index (χ2v) is 7.36. The maximum absolute atomic E-state index is 6.09. The number of morpholine rings is 1. The molecule has 1 N–H and O–H groups in total. The quantitative estimate of drug-likeness (QED) is 0.644. The van der Waals surface area contributed by atoms with Gasteiger partial charge in [-0.15, -0.1) is 0 Å². The average molecular weight is 365 g/mol. The summed E-state index contributed by atoms with van der Waals surface area (Å²) in [6, 6.07) is 8.61. The van der Waals surface area contributed by atoms with E-state index in [0.29, 0.717) is 12.6 Å². The summed E-state index contributed by atoms with van der Waals surface area (Å²) in [5, 5.41) is 4.14. The zero-order valence-corrected chi connectivity index (χ0v) is 16.0. The van der Waals surface area contributed by atoms with Crippen molar-refractivity contribution in [2.45, 2.75) is 38.5 Å². The third-order valence-corrected chi connectivity index (χ3v) is 5.15. The number of nitrogens with zero attached hydrogens (tertiary/aromatic N) is 3. The van der Waals surface area contributed by atoms with Crippen molar-refractivity contribution in [2.75, 3.05) is 39.8 Å². The predicted octanol–water partition coefficient (Wildman–Crippen LogP) is 2.60. The molecule has 5 nitrogen and oxygen atoms in total. The van der Waals surface area contributed by atoms with Crippen LogP contribution in [0, 0.1) is 0 Å². The van der Waals surface area contributed by atoms with Crippen LogP contribution in [0.3, 0.4) is 0 Å². The van der Waals surface area contributed by atoms with E-state index >= 15 is 0 Å². The van der Waals surface area contributed by atoms with Gasteiger partial charge in [-0.2, -0.15) is 0 Å². The molecule has 2 atom stereocenters. The van der Waals surface area contributed by atoms with E-state index in [0.717, 1.165) is 37.2 Å². The highest BCUT2D eigenvalue weighted by Crippen LogP contribution is 2.22. The molecule has 2 fully saturated rings. The van der Waals surface area contributed by atoms with Gasteiger partial charge in [0.05, 0.1) is 19.3 Å². The average Bonchev–Trinajstić information content (AvgIpc) is 3.06. The molecule has 3 rings (SSSR count). The molecule has 0 amide bonds. The standard InChI is InChI=1S/C19H29ClN4O/c1-3-21-19(23(2)12-15-6-4-7-16(20)10-15)22-11-18-13-24-9-5-8-17(24)14-25-18/h4,6-7,10,17-18H,3,5,8-9,11-14H2,1-2H3,(H,21,22). The van der Waals surface area contributed by atoms with Crippen LogP contribution in [0.15, 0.2) is 29.3 Å². The number of halogens is 1. The zero-order valence-electron chi connectivity index (χ0n) is 15.2. The number of hydrogen-bond acceptors (Lipinski definition) is 3. The molecule has 2 aliphatic heterocycles. The Morgan fingerprint density at radius 2 is 2.36 bits per heavy atom. The minimum Gasteiger partial charge on any atom is -0.373 e. The molecular formula is C19H29ClN4O. The van der Waals surface area contributed by atoms with Crippen molar-refractivity contribution in [3.63, 3.8) is 0 Å². The number of hydrogen-bond donors (Lipinski definition) is 1. The van der Waals surface area contributed by atoms with Gasteiger partial charge in [0.25, 0.3) is 0 Å². The first-order valence-electron chi connectivity index (χ1n) is 9.25. The number of guanidine groups is 1. The van der Waals surface area contributed by atoms with E-state index in [9.17, 15) is 0 Å². The molecule has 0 radical (unpaired) electrons. The lowest BCUT2D eigenvalue weighted by Gasteiger charge is -2.34. The fourth-order valence-electron chi connectivity index (χ4n) is 3.64. The summed E-state index contributed by atoms with van der Waals surface area (Å²) in [6.45, 7) is 7.48. The second kappa shape index (κ2) is 8.88. The number of benzene rings is 1. The molecule has 2 unspecified atom stereocenters. The Labute approximate surface area is 156 Å². The molecule has 25 heavy (non-hydrogen) atoms. The van der Waals surface area contributed by atoms with Crippen LogP contribution in [0.4, 0.5) is 0 Å². The molecule has 2 aliphatic rings. The summed E-state index contributed by atoms with van der Waals surface area (Å²) in [6.07, 6.45) is 2.78. The SMILES string of the molecule is CCNC(=NCC1CN2CCCC2CO1)N(C)Cc1cccc(Cl)c1. The van der Waals surface area contributed by atoms with Crippen LogP contribution in [-0.4, -0.2) is 67.7 Å². The molecule has 0 aliphatic carbocycles. The molecule has 1 aromatic rings. The highest BCUT2D eigenvalue weighted by molar-refractivity contribution is 6.30. The Balaban J connectivity index is 1.58. The highest BCUT2D eigenvalue weighted by Gasteiger charge is 2.32. The van der Waals surface area contributed by atoms with Gasteiger partial charge in [0, 0.05) is 37.7 Å². The number of aliphatic imine (C=N–C) groups is 1. The number of nitrogens with one attached hydrogen (secondary N) is 1. The normalized spacial score (nSPS) is 24.2. The lowest BCUT2D eigenvalue weighted by molar-refractivity contribution is -0.0432. The van der Waals surface area contributed by atoms with Gasteiger partial charge in [0.1, 0.15) is 0 Å². The third-order valence-electron chi connectivity index (χ3n) is 4.91. The van der Waals surface area contributed by atoms with Gasteiger partial charge < -0.3 is 15.0 Å². The van der Waals surface area contributed by atoms with Crippen molar-refractivity contribution in [1.29, 1.82) is 0 Å². The molecule has 2 heterocycles. The highest BCUT2D eigenvalue weighted by atomic mass is 35.5. The largest absolute Gasteiger partial charge is 0.373 e. The Bertz CT molecular complexity index is 595. The Hall–Kier alpha value is -1.30. The summed E-state index contributed by atoms with van der Waals surface area (Å²) >= 11 is 6.09. The maximum atomic E-state index is 6.09. The molecule has 138 valence electrons.